The van der Waals surface area contributed by atoms with Gasteiger partial charge in [0.05, 0.1) is 5.60 Å². The first kappa shape index (κ1) is 14.7. The molecule has 0 heterocycles. The number of amides is 1. The molecule has 0 saturated carbocycles. The summed E-state index contributed by atoms with van der Waals surface area (Å²) in [5.74, 6) is -1.32. The Hall–Kier alpha value is -1.30. The minimum atomic E-state index is -1.57. The number of aliphatic carboxylic acids is 1. The van der Waals surface area contributed by atoms with E-state index in [2.05, 4.69) is 5.32 Å². The van der Waals surface area contributed by atoms with Crippen molar-refractivity contribution in [2.24, 2.45) is 0 Å². The van der Waals surface area contributed by atoms with Crippen molar-refractivity contribution in [3.8, 4) is 0 Å². The van der Waals surface area contributed by atoms with E-state index in [1.807, 2.05) is 0 Å². The summed E-state index contributed by atoms with van der Waals surface area (Å²) in [5.41, 5.74) is -2.28. The molecule has 6 nitrogen and oxygen atoms in total. The zero-order chi connectivity index (χ0) is 13.1. The Morgan fingerprint density at radius 2 is 1.62 bits per heavy atom. The van der Waals surface area contributed by atoms with Gasteiger partial charge in [-0.25, -0.2) is 9.59 Å². The Kier molecular flexibility index (Phi) is 4.31. The molecule has 0 aromatic heterocycles. The summed E-state index contributed by atoms with van der Waals surface area (Å²) in [5, 5.41) is 20.5. The zero-order valence-electron chi connectivity index (χ0n) is 10.2. The van der Waals surface area contributed by atoms with Crippen molar-refractivity contribution < 1.29 is 24.5 Å². The molecule has 16 heavy (non-hydrogen) atoms. The molecule has 0 unspecified atom stereocenters. The Morgan fingerprint density at radius 1 is 1.19 bits per heavy atom. The van der Waals surface area contributed by atoms with Crippen LogP contribution >= 0.6 is 0 Å². The van der Waals surface area contributed by atoms with Gasteiger partial charge in [-0.2, -0.15) is 0 Å². The maximum Gasteiger partial charge on any atom is 0.408 e. The first-order valence-electron chi connectivity index (χ1n) is 4.88. The Morgan fingerprint density at radius 3 is 1.88 bits per heavy atom. The molecule has 0 bridgehead atoms. The zero-order valence-corrected chi connectivity index (χ0v) is 10.2. The van der Waals surface area contributed by atoms with Gasteiger partial charge in [0.15, 0.2) is 6.04 Å². The van der Waals surface area contributed by atoms with Crippen LogP contribution in [0.15, 0.2) is 0 Å². The third-order valence-corrected chi connectivity index (χ3v) is 1.61. The number of nitrogens with one attached hydrogen (secondary N) is 1. The number of carbonyl (C=O) groups is 2. The van der Waals surface area contributed by atoms with Crippen LogP contribution in [0.3, 0.4) is 0 Å². The predicted molar refractivity (Wildman–Crippen MR) is 57.1 cm³/mol. The summed E-state index contributed by atoms with van der Waals surface area (Å²) in [6.07, 6.45) is -0.873. The van der Waals surface area contributed by atoms with E-state index in [-0.39, 0.29) is 0 Å². The number of hydrogen-bond acceptors (Lipinski definition) is 4. The summed E-state index contributed by atoms with van der Waals surface area (Å²) in [4.78, 5) is 22.1. The summed E-state index contributed by atoms with van der Waals surface area (Å²) >= 11 is 0. The number of carbonyl (C=O) groups excluding carboxylic acids is 1. The molecule has 1 amide bonds. The average Bonchev–Trinajstić information content (AvgIpc) is 1.93. The lowest BCUT2D eigenvalue weighted by atomic mass is 9.99. The van der Waals surface area contributed by atoms with Crippen LogP contribution in [0.4, 0.5) is 4.79 Å². The van der Waals surface area contributed by atoms with Gasteiger partial charge >= 0.3 is 12.1 Å². The molecule has 0 aromatic rings. The molecule has 0 rings (SSSR count). The van der Waals surface area contributed by atoms with E-state index >= 15 is 0 Å². The fourth-order valence-corrected chi connectivity index (χ4v) is 0.966. The summed E-state index contributed by atoms with van der Waals surface area (Å²) < 4.78 is 4.89. The Balaban J connectivity index is 4.56. The largest absolute Gasteiger partial charge is 0.480 e. The van der Waals surface area contributed by atoms with E-state index in [1.54, 1.807) is 20.8 Å². The second-order valence-electron chi connectivity index (χ2n) is 5.07. The van der Waals surface area contributed by atoms with E-state index in [4.69, 9.17) is 9.84 Å². The highest BCUT2D eigenvalue weighted by Gasteiger charge is 2.35. The van der Waals surface area contributed by atoms with Crippen molar-refractivity contribution in [2.45, 2.75) is 51.9 Å². The minimum Gasteiger partial charge on any atom is -0.480 e. The second-order valence-corrected chi connectivity index (χ2v) is 5.07. The molecule has 1 atom stereocenters. The van der Waals surface area contributed by atoms with Crippen molar-refractivity contribution >= 4 is 12.1 Å². The topological polar surface area (TPSA) is 95.9 Å². The normalized spacial score (nSPS) is 14.1. The number of carboxylic acids is 1. The smallest absolute Gasteiger partial charge is 0.408 e. The number of aliphatic hydroxyl groups is 1. The molecule has 0 aliphatic rings. The Labute approximate surface area is 94.6 Å². The summed E-state index contributed by atoms with van der Waals surface area (Å²) in [6.45, 7) is 7.57. The van der Waals surface area contributed by atoms with Gasteiger partial charge in [-0.15, -0.1) is 0 Å². The highest BCUT2D eigenvalue weighted by molar-refractivity contribution is 5.81. The molecule has 94 valence electrons. The fourth-order valence-electron chi connectivity index (χ4n) is 0.966. The van der Waals surface area contributed by atoms with Crippen molar-refractivity contribution in [1.82, 2.24) is 5.32 Å². The van der Waals surface area contributed by atoms with Crippen molar-refractivity contribution in [1.29, 1.82) is 0 Å². The predicted octanol–water partition coefficient (Wildman–Crippen LogP) is 0.735. The molecule has 0 aliphatic carbocycles. The molecule has 0 spiro atoms. The highest BCUT2D eigenvalue weighted by atomic mass is 16.6. The maximum atomic E-state index is 11.3. The molecule has 0 aromatic carbocycles. The lowest BCUT2D eigenvalue weighted by Crippen LogP contribution is -2.54. The van der Waals surface area contributed by atoms with Gasteiger partial charge in [0.2, 0.25) is 0 Å². The van der Waals surface area contributed by atoms with Crippen molar-refractivity contribution in [3.63, 3.8) is 0 Å². The third-order valence-electron chi connectivity index (χ3n) is 1.61. The van der Waals surface area contributed by atoms with Gasteiger partial charge in [-0.05, 0) is 34.6 Å². The third kappa shape index (κ3) is 5.55. The van der Waals surface area contributed by atoms with E-state index < -0.39 is 29.3 Å². The van der Waals surface area contributed by atoms with E-state index in [0.29, 0.717) is 0 Å². The molecular formula is C10H19NO5. The molecule has 6 heteroatoms. The quantitative estimate of drug-likeness (QED) is 0.668. The molecular weight excluding hydrogens is 214 g/mol. The van der Waals surface area contributed by atoms with Crippen LogP contribution in [0.5, 0.6) is 0 Å². The summed E-state index contributed by atoms with van der Waals surface area (Å²) in [6, 6.07) is -1.41. The maximum absolute atomic E-state index is 11.3. The SMILES string of the molecule is CC(C)(C)OC(=O)N[C@@H](C(=O)O)C(C)(C)O. The molecule has 0 radical (unpaired) electrons. The van der Waals surface area contributed by atoms with Crippen molar-refractivity contribution in [2.75, 3.05) is 0 Å². The average molecular weight is 233 g/mol. The second kappa shape index (κ2) is 4.69. The van der Waals surface area contributed by atoms with Crippen LogP contribution in [-0.2, 0) is 9.53 Å². The van der Waals surface area contributed by atoms with Crippen molar-refractivity contribution in [3.05, 3.63) is 0 Å². The van der Waals surface area contributed by atoms with Gasteiger partial charge in [0.1, 0.15) is 5.60 Å². The Bertz CT molecular complexity index is 274. The van der Waals surface area contributed by atoms with E-state index in [9.17, 15) is 14.7 Å². The molecule has 3 N–H and O–H groups in total. The van der Waals surface area contributed by atoms with E-state index in [1.165, 1.54) is 13.8 Å². The highest BCUT2D eigenvalue weighted by Crippen LogP contribution is 2.11. The number of hydrogen-bond donors (Lipinski definition) is 3. The van der Waals surface area contributed by atoms with Crippen LogP contribution < -0.4 is 5.32 Å². The summed E-state index contributed by atoms with van der Waals surface area (Å²) in [7, 11) is 0. The number of alkyl carbamates (subject to hydrolysis) is 1. The molecule has 0 aliphatic heterocycles. The minimum absolute atomic E-state index is 0.716. The molecule has 0 saturated heterocycles. The van der Waals surface area contributed by atoms with Gasteiger partial charge in [-0.3, -0.25) is 0 Å². The van der Waals surface area contributed by atoms with Gasteiger partial charge in [0, 0.05) is 0 Å². The number of ether oxygens (including phenoxy) is 1. The monoisotopic (exact) mass is 233 g/mol. The lowest BCUT2D eigenvalue weighted by molar-refractivity contribution is -0.145. The fraction of sp³-hybridized carbons (Fsp3) is 0.800. The lowest BCUT2D eigenvalue weighted by Gasteiger charge is -2.28. The van der Waals surface area contributed by atoms with Crippen LogP contribution in [-0.4, -0.2) is 39.5 Å². The standard InChI is InChI=1S/C10H19NO5/c1-9(2,3)16-8(14)11-6(7(12)13)10(4,5)15/h6,15H,1-5H3,(H,11,14)(H,12,13)/t6-/m0/s1. The van der Waals surface area contributed by atoms with Crippen LogP contribution in [0.2, 0.25) is 0 Å². The van der Waals surface area contributed by atoms with Crippen LogP contribution in [0.25, 0.3) is 0 Å². The first-order valence-corrected chi connectivity index (χ1v) is 4.88. The van der Waals surface area contributed by atoms with Gasteiger partial charge in [-0.1, -0.05) is 0 Å². The van der Waals surface area contributed by atoms with Gasteiger partial charge in [0.25, 0.3) is 0 Å². The first-order chi connectivity index (χ1) is 6.93. The van der Waals surface area contributed by atoms with Crippen LogP contribution in [0, 0.1) is 0 Å². The van der Waals surface area contributed by atoms with E-state index in [0.717, 1.165) is 0 Å². The van der Waals surface area contributed by atoms with Crippen LogP contribution in [0.1, 0.15) is 34.6 Å². The van der Waals surface area contributed by atoms with Gasteiger partial charge < -0.3 is 20.3 Å². The molecule has 0 fully saturated rings. The number of carboxylic acid groups (broad SMARTS) is 1. The number of rotatable bonds is 3.